The third-order valence-corrected chi connectivity index (χ3v) is 2.90. The van der Waals surface area contributed by atoms with E-state index in [2.05, 4.69) is 0 Å². The summed E-state index contributed by atoms with van der Waals surface area (Å²) >= 11 is 4.86. The van der Waals surface area contributed by atoms with Crippen molar-refractivity contribution in [1.82, 2.24) is 0 Å². The fraction of sp³-hybridized carbons (Fsp3) is 0.125. The van der Waals surface area contributed by atoms with E-state index >= 15 is 0 Å². The van der Waals surface area contributed by atoms with Gasteiger partial charge in [-0.1, -0.05) is 54.7 Å². The lowest BCUT2D eigenvalue weighted by Gasteiger charge is -2.06. The summed E-state index contributed by atoms with van der Waals surface area (Å²) in [5, 5.41) is 0. The molecule has 0 saturated heterocycles. The molecule has 3 nitrogen and oxygen atoms in total. The molecule has 20 heavy (non-hydrogen) atoms. The zero-order valence-electron chi connectivity index (χ0n) is 10.9. The largest absolute Gasteiger partial charge is 0.457 e. The van der Waals surface area contributed by atoms with Crippen LogP contribution in [-0.4, -0.2) is 11.0 Å². The van der Waals surface area contributed by atoms with E-state index in [0.717, 1.165) is 11.1 Å². The molecule has 2 rings (SSSR count). The maximum Gasteiger partial charge on any atom is 0.338 e. The van der Waals surface area contributed by atoms with E-state index in [9.17, 15) is 4.79 Å². The van der Waals surface area contributed by atoms with Crippen molar-refractivity contribution in [2.24, 2.45) is 5.73 Å². The van der Waals surface area contributed by atoms with Crippen molar-refractivity contribution in [3.8, 4) is 0 Å². The molecule has 0 unspecified atom stereocenters. The van der Waals surface area contributed by atoms with Crippen molar-refractivity contribution in [3.63, 3.8) is 0 Å². The van der Waals surface area contributed by atoms with E-state index in [0.29, 0.717) is 17.0 Å². The predicted octanol–water partition coefficient (Wildman–Crippen LogP) is 2.87. The van der Waals surface area contributed by atoms with E-state index in [4.69, 9.17) is 22.7 Å². The second-order valence-corrected chi connectivity index (χ2v) is 4.93. The number of hydrogen-bond donors (Lipinski definition) is 1. The van der Waals surface area contributed by atoms with Crippen LogP contribution in [0, 0.1) is 0 Å². The molecule has 2 aromatic rings. The second kappa shape index (κ2) is 6.82. The molecule has 2 aromatic carbocycles. The van der Waals surface area contributed by atoms with Gasteiger partial charge in [-0.25, -0.2) is 4.79 Å². The average molecular weight is 285 g/mol. The number of thiocarbonyl (C=S) groups is 1. The van der Waals surface area contributed by atoms with Crippen LogP contribution in [0.1, 0.15) is 21.5 Å². The first-order valence-electron chi connectivity index (χ1n) is 6.23. The molecule has 0 radical (unpaired) electrons. The molecule has 0 atom stereocenters. The normalized spacial score (nSPS) is 10.0. The highest BCUT2D eigenvalue weighted by Gasteiger charge is 2.08. The zero-order valence-corrected chi connectivity index (χ0v) is 11.7. The highest BCUT2D eigenvalue weighted by atomic mass is 32.1. The molecule has 0 spiro atoms. The Balaban J connectivity index is 2.00. The standard InChI is InChI=1S/C16H15NO2S/c17-15(20)10-13-7-4-8-14(9-13)16(18)19-11-12-5-2-1-3-6-12/h1-9H,10-11H2,(H2,17,20). The molecule has 102 valence electrons. The van der Waals surface area contributed by atoms with Gasteiger partial charge in [-0.05, 0) is 23.3 Å². The summed E-state index contributed by atoms with van der Waals surface area (Å²) in [5.41, 5.74) is 7.88. The Hall–Kier alpha value is -2.20. The van der Waals surface area contributed by atoms with Crippen molar-refractivity contribution in [2.75, 3.05) is 0 Å². The fourth-order valence-corrected chi connectivity index (χ4v) is 1.98. The highest BCUT2D eigenvalue weighted by Crippen LogP contribution is 2.09. The van der Waals surface area contributed by atoms with Crippen LogP contribution in [0.3, 0.4) is 0 Å². The number of carbonyl (C=O) groups excluding carboxylic acids is 1. The van der Waals surface area contributed by atoms with Gasteiger partial charge < -0.3 is 10.5 Å². The predicted molar refractivity (Wildman–Crippen MR) is 82.5 cm³/mol. The Bertz CT molecular complexity index is 611. The molecule has 0 fully saturated rings. The van der Waals surface area contributed by atoms with Gasteiger partial charge in [0.25, 0.3) is 0 Å². The van der Waals surface area contributed by atoms with Gasteiger partial charge in [0.1, 0.15) is 6.61 Å². The van der Waals surface area contributed by atoms with Crippen LogP contribution in [0.2, 0.25) is 0 Å². The molecule has 0 saturated carbocycles. The minimum atomic E-state index is -0.348. The second-order valence-electron chi connectivity index (χ2n) is 4.41. The van der Waals surface area contributed by atoms with Crippen molar-refractivity contribution < 1.29 is 9.53 Å². The number of rotatable bonds is 5. The summed E-state index contributed by atoms with van der Waals surface area (Å²) in [7, 11) is 0. The summed E-state index contributed by atoms with van der Waals surface area (Å²) in [4.78, 5) is 12.4. The van der Waals surface area contributed by atoms with Crippen LogP contribution < -0.4 is 5.73 Å². The molecule has 0 amide bonds. The van der Waals surface area contributed by atoms with Gasteiger partial charge in [0, 0.05) is 6.42 Å². The number of esters is 1. The lowest BCUT2D eigenvalue weighted by molar-refractivity contribution is 0.0472. The molecule has 0 heterocycles. The molecule has 4 heteroatoms. The van der Waals surface area contributed by atoms with Crippen molar-refractivity contribution >= 4 is 23.2 Å². The van der Waals surface area contributed by atoms with Gasteiger partial charge in [-0.3, -0.25) is 0 Å². The number of benzene rings is 2. The van der Waals surface area contributed by atoms with E-state index in [-0.39, 0.29) is 12.6 Å². The summed E-state index contributed by atoms with van der Waals surface area (Å²) in [6.45, 7) is 0.263. The van der Waals surface area contributed by atoms with E-state index in [1.54, 1.807) is 18.2 Å². The molecule has 0 bridgehead atoms. The molecule has 0 aliphatic heterocycles. The minimum Gasteiger partial charge on any atom is -0.457 e. The smallest absolute Gasteiger partial charge is 0.338 e. The number of ether oxygens (including phenoxy) is 1. The van der Waals surface area contributed by atoms with Crippen LogP contribution in [-0.2, 0) is 17.8 Å². The lowest BCUT2D eigenvalue weighted by Crippen LogP contribution is -2.12. The lowest BCUT2D eigenvalue weighted by atomic mass is 10.1. The zero-order chi connectivity index (χ0) is 14.4. The van der Waals surface area contributed by atoms with Crippen molar-refractivity contribution in [3.05, 3.63) is 71.3 Å². The van der Waals surface area contributed by atoms with Crippen LogP contribution in [0.15, 0.2) is 54.6 Å². The van der Waals surface area contributed by atoms with E-state index in [1.807, 2.05) is 36.4 Å². The fourth-order valence-electron chi connectivity index (χ4n) is 1.82. The van der Waals surface area contributed by atoms with Crippen LogP contribution in [0.5, 0.6) is 0 Å². The summed E-state index contributed by atoms with van der Waals surface area (Å²) in [5.74, 6) is -0.348. The van der Waals surface area contributed by atoms with Crippen LogP contribution in [0.4, 0.5) is 0 Å². The Kier molecular flexibility index (Phi) is 4.85. The molecule has 2 N–H and O–H groups in total. The SMILES string of the molecule is NC(=S)Cc1cccc(C(=O)OCc2ccccc2)c1. The third-order valence-electron chi connectivity index (χ3n) is 2.75. The van der Waals surface area contributed by atoms with Gasteiger partial charge >= 0.3 is 5.97 Å². The monoisotopic (exact) mass is 285 g/mol. The minimum absolute atomic E-state index is 0.263. The van der Waals surface area contributed by atoms with Gasteiger partial charge in [0.15, 0.2) is 0 Å². The first-order valence-corrected chi connectivity index (χ1v) is 6.64. The van der Waals surface area contributed by atoms with Crippen LogP contribution in [0.25, 0.3) is 0 Å². The van der Waals surface area contributed by atoms with Crippen molar-refractivity contribution in [1.29, 1.82) is 0 Å². The highest BCUT2D eigenvalue weighted by molar-refractivity contribution is 7.80. The Morgan fingerprint density at radius 2 is 1.75 bits per heavy atom. The Morgan fingerprint density at radius 1 is 1.05 bits per heavy atom. The van der Waals surface area contributed by atoms with Crippen LogP contribution >= 0.6 is 12.2 Å². The van der Waals surface area contributed by atoms with E-state index < -0.39 is 0 Å². The van der Waals surface area contributed by atoms with E-state index in [1.165, 1.54) is 0 Å². The average Bonchev–Trinajstić information content (AvgIpc) is 2.45. The molecular weight excluding hydrogens is 270 g/mol. The molecule has 0 aromatic heterocycles. The quantitative estimate of drug-likeness (QED) is 0.678. The Morgan fingerprint density at radius 3 is 2.45 bits per heavy atom. The first-order chi connectivity index (χ1) is 9.65. The molecule has 0 aliphatic rings. The van der Waals surface area contributed by atoms with Gasteiger partial charge in [0.2, 0.25) is 0 Å². The van der Waals surface area contributed by atoms with Crippen molar-refractivity contribution in [2.45, 2.75) is 13.0 Å². The summed E-state index contributed by atoms with van der Waals surface area (Å²) < 4.78 is 5.27. The summed E-state index contributed by atoms with van der Waals surface area (Å²) in [6.07, 6.45) is 0.481. The third kappa shape index (κ3) is 4.17. The first kappa shape index (κ1) is 14.2. The Labute approximate surface area is 123 Å². The number of hydrogen-bond acceptors (Lipinski definition) is 3. The number of carbonyl (C=O) groups is 1. The molecule has 0 aliphatic carbocycles. The topological polar surface area (TPSA) is 52.3 Å². The number of nitrogens with two attached hydrogens (primary N) is 1. The maximum atomic E-state index is 12.0. The summed E-state index contributed by atoms with van der Waals surface area (Å²) in [6, 6.07) is 16.7. The van der Waals surface area contributed by atoms with Gasteiger partial charge in [0.05, 0.1) is 10.6 Å². The maximum absolute atomic E-state index is 12.0. The molecular formula is C16H15NO2S. The van der Waals surface area contributed by atoms with Gasteiger partial charge in [-0.15, -0.1) is 0 Å². The van der Waals surface area contributed by atoms with Gasteiger partial charge in [-0.2, -0.15) is 0 Å².